The third kappa shape index (κ3) is 2.68. The maximum atomic E-state index is 12.2. The van der Waals surface area contributed by atoms with E-state index in [0.29, 0.717) is 5.82 Å². The fourth-order valence-electron chi connectivity index (χ4n) is 2.29. The Balaban J connectivity index is 2.21. The van der Waals surface area contributed by atoms with Gasteiger partial charge in [0.15, 0.2) is 5.82 Å². The van der Waals surface area contributed by atoms with E-state index in [0.717, 1.165) is 44.8 Å². The Morgan fingerprint density at radius 3 is 2.76 bits per heavy atom. The molecule has 17 heavy (non-hydrogen) atoms. The molecule has 1 aromatic heterocycles. The second kappa shape index (κ2) is 5.34. The van der Waals surface area contributed by atoms with E-state index in [1.807, 2.05) is 0 Å². The lowest BCUT2D eigenvalue weighted by atomic mass is 9.99. The molecule has 1 aliphatic heterocycles. The Morgan fingerprint density at radius 1 is 1.41 bits per heavy atom. The highest BCUT2D eigenvalue weighted by molar-refractivity contribution is 5.36. The maximum absolute atomic E-state index is 12.2. The zero-order valence-electron chi connectivity index (χ0n) is 10.7. The van der Waals surface area contributed by atoms with Crippen molar-refractivity contribution in [3.63, 3.8) is 0 Å². The number of aromatic nitrogens is 2. The van der Waals surface area contributed by atoms with Crippen LogP contribution in [0.1, 0.15) is 33.1 Å². The van der Waals surface area contributed by atoms with Crippen molar-refractivity contribution < 1.29 is 0 Å². The van der Waals surface area contributed by atoms with Crippen LogP contribution in [0.5, 0.6) is 0 Å². The largest absolute Gasteiger partial charge is 0.352 e. The van der Waals surface area contributed by atoms with E-state index in [9.17, 15) is 4.79 Å². The third-order valence-corrected chi connectivity index (χ3v) is 3.44. The van der Waals surface area contributed by atoms with Crippen molar-refractivity contribution in [1.29, 1.82) is 0 Å². The molecule has 0 saturated carbocycles. The van der Waals surface area contributed by atoms with E-state index in [4.69, 9.17) is 0 Å². The van der Waals surface area contributed by atoms with E-state index >= 15 is 0 Å². The summed E-state index contributed by atoms with van der Waals surface area (Å²) in [6.45, 7) is 7.04. The van der Waals surface area contributed by atoms with Crippen molar-refractivity contribution in [1.82, 2.24) is 9.55 Å². The predicted molar refractivity (Wildman–Crippen MR) is 69.4 cm³/mol. The summed E-state index contributed by atoms with van der Waals surface area (Å²) in [4.78, 5) is 18.6. The zero-order valence-corrected chi connectivity index (χ0v) is 10.7. The van der Waals surface area contributed by atoms with Crippen molar-refractivity contribution in [2.45, 2.75) is 39.7 Å². The molecule has 4 heteroatoms. The number of nitrogens with zero attached hydrogens (tertiary/aromatic N) is 3. The van der Waals surface area contributed by atoms with Crippen LogP contribution in [0, 0.1) is 5.92 Å². The van der Waals surface area contributed by atoms with Gasteiger partial charge in [0, 0.05) is 32.0 Å². The summed E-state index contributed by atoms with van der Waals surface area (Å²) in [6.07, 6.45) is 6.81. The predicted octanol–water partition coefficient (Wildman–Crippen LogP) is 1.89. The standard InChI is InChI=1S/C13H21N3O/c1-3-7-16-10-6-14-12(13(16)17)15-8-4-11(2)5-9-15/h6,10-11H,3-5,7-9H2,1-2H3. The van der Waals surface area contributed by atoms with Crippen LogP contribution in [-0.2, 0) is 6.54 Å². The summed E-state index contributed by atoms with van der Waals surface area (Å²) in [6, 6.07) is 0. The van der Waals surface area contributed by atoms with Gasteiger partial charge in [0.25, 0.3) is 5.56 Å². The normalized spacial score (nSPS) is 17.4. The first-order valence-corrected chi connectivity index (χ1v) is 6.52. The molecule has 0 aromatic carbocycles. The van der Waals surface area contributed by atoms with Crippen molar-refractivity contribution in [3.8, 4) is 0 Å². The van der Waals surface area contributed by atoms with Crippen LogP contribution in [0.3, 0.4) is 0 Å². The molecule has 0 radical (unpaired) electrons. The van der Waals surface area contributed by atoms with E-state index in [1.54, 1.807) is 17.0 Å². The van der Waals surface area contributed by atoms with Gasteiger partial charge in [-0.15, -0.1) is 0 Å². The average Bonchev–Trinajstić information content (AvgIpc) is 2.34. The first-order chi connectivity index (χ1) is 8.22. The van der Waals surface area contributed by atoms with Gasteiger partial charge in [-0.1, -0.05) is 13.8 Å². The van der Waals surface area contributed by atoms with E-state index in [1.165, 1.54) is 0 Å². The molecule has 0 bridgehead atoms. The van der Waals surface area contributed by atoms with Crippen LogP contribution < -0.4 is 10.5 Å². The molecule has 0 amide bonds. The van der Waals surface area contributed by atoms with Gasteiger partial charge >= 0.3 is 0 Å². The second-order valence-electron chi connectivity index (χ2n) is 4.92. The van der Waals surface area contributed by atoms with Gasteiger partial charge in [0.2, 0.25) is 0 Å². The fourth-order valence-corrected chi connectivity index (χ4v) is 2.29. The molecule has 94 valence electrons. The molecule has 0 aliphatic carbocycles. The summed E-state index contributed by atoms with van der Waals surface area (Å²) in [5.41, 5.74) is 0.0592. The van der Waals surface area contributed by atoms with Crippen LogP contribution in [0.15, 0.2) is 17.2 Å². The minimum absolute atomic E-state index is 0.0592. The molecule has 1 saturated heterocycles. The molecule has 1 aliphatic rings. The smallest absolute Gasteiger partial charge is 0.293 e. The monoisotopic (exact) mass is 235 g/mol. The Kier molecular flexibility index (Phi) is 3.82. The van der Waals surface area contributed by atoms with E-state index in [2.05, 4.69) is 23.7 Å². The lowest BCUT2D eigenvalue weighted by Gasteiger charge is -2.30. The molecule has 1 aromatic rings. The van der Waals surface area contributed by atoms with E-state index < -0.39 is 0 Å². The molecule has 0 atom stereocenters. The van der Waals surface area contributed by atoms with Crippen LogP contribution in [0.2, 0.25) is 0 Å². The van der Waals surface area contributed by atoms with E-state index in [-0.39, 0.29) is 5.56 Å². The van der Waals surface area contributed by atoms with Gasteiger partial charge in [-0.05, 0) is 25.2 Å². The summed E-state index contributed by atoms with van der Waals surface area (Å²) in [5, 5.41) is 0. The molecule has 0 spiro atoms. The topological polar surface area (TPSA) is 38.1 Å². The lowest BCUT2D eigenvalue weighted by Crippen LogP contribution is -2.38. The summed E-state index contributed by atoms with van der Waals surface area (Å²) in [7, 11) is 0. The minimum atomic E-state index is 0.0592. The average molecular weight is 235 g/mol. The van der Waals surface area contributed by atoms with Crippen molar-refractivity contribution >= 4 is 5.82 Å². The summed E-state index contributed by atoms with van der Waals surface area (Å²) >= 11 is 0. The van der Waals surface area contributed by atoms with Crippen LogP contribution in [-0.4, -0.2) is 22.6 Å². The van der Waals surface area contributed by atoms with Crippen LogP contribution in [0.4, 0.5) is 5.82 Å². The summed E-state index contributed by atoms with van der Waals surface area (Å²) in [5.74, 6) is 1.40. The van der Waals surface area contributed by atoms with Gasteiger partial charge in [0.1, 0.15) is 0 Å². The number of aryl methyl sites for hydroxylation is 1. The SMILES string of the molecule is CCCn1ccnc(N2CCC(C)CC2)c1=O. The number of hydrogen-bond acceptors (Lipinski definition) is 3. The number of hydrogen-bond donors (Lipinski definition) is 0. The van der Waals surface area contributed by atoms with Gasteiger partial charge in [-0.25, -0.2) is 4.98 Å². The van der Waals surface area contributed by atoms with Crippen LogP contribution >= 0.6 is 0 Å². The highest BCUT2D eigenvalue weighted by atomic mass is 16.1. The fraction of sp³-hybridized carbons (Fsp3) is 0.692. The molecular weight excluding hydrogens is 214 g/mol. The molecule has 2 rings (SSSR count). The van der Waals surface area contributed by atoms with Gasteiger partial charge in [-0.3, -0.25) is 4.79 Å². The van der Waals surface area contributed by atoms with Gasteiger partial charge in [-0.2, -0.15) is 0 Å². The van der Waals surface area contributed by atoms with Gasteiger partial charge in [0.05, 0.1) is 0 Å². The number of rotatable bonds is 3. The lowest BCUT2D eigenvalue weighted by molar-refractivity contribution is 0.434. The number of piperidine rings is 1. The molecular formula is C13H21N3O. The van der Waals surface area contributed by atoms with Crippen LogP contribution in [0.25, 0.3) is 0 Å². The highest BCUT2D eigenvalue weighted by Gasteiger charge is 2.19. The summed E-state index contributed by atoms with van der Waals surface area (Å²) < 4.78 is 1.76. The third-order valence-electron chi connectivity index (χ3n) is 3.44. The minimum Gasteiger partial charge on any atom is -0.352 e. The van der Waals surface area contributed by atoms with Crippen molar-refractivity contribution in [2.75, 3.05) is 18.0 Å². The Labute approximate surface area is 102 Å². The van der Waals surface area contributed by atoms with Crippen molar-refractivity contribution in [2.24, 2.45) is 5.92 Å². The molecule has 1 fully saturated rings. The number of anilines is 1. The Bertz CT molecular complexity index is 419. The van der Waals surface area contributed by atoms with Crippen molar-refractivity contribution in [3.05, 3.63) is 22.7 Å². The molecule has 2 heterocycles. The first-order valence-electron chi connectivity index (χ1n) is 6.52. The Hall–Kier alpha value is -1.32. The highest BCUT2D eigenvalue weighted by Crippen LogP contribution is 2.18. The molecule has 4 nitrogen and oxygen atoms in total. The van der Waals surface area contributed by atoms with Gasteiger partial charge < -0.3 is 9.47 Å². The maximum Gasteiger partial charge on any atom is 0.293 e. The zero-order chi connectivity index (χ0) is 12.3. The first kappa shape index (κ1) is 12.1. The second-order valence-corrected chi connectivity index (χ2v) is 4.92. The Morgan fingerprint density at radius 2 is 2.12 bits per heavy atom. The quantitative estimate of drug-likeness (QED) is 0.803. The molecule has 0 unspecified atom stereocenters. The molecule has 0 N–H and O–H groups in total.